The monoisotopic (exact) mass is 436 g/mol. The zero-order valence-electron chi connectivity index (χ0n) is 15.8. The fraction of sp³-hybridized carbons (Fsp3) is 0.381. The Morgan fingerprint density at radius 3 is 2.48 bits per heavy atom. The SMILES string of the molecule is O=C(CCC(=O)c1ccc(Cl)s1)Nc1ccc(F)c(NC(=O)C2CCCCC2)c1. The summed E-state index contributed by atoms with van der Waals surface area (Å²) in [4.78, 5) is 37.1. The number of ketones is 1. The number of nitrogens with one attached hydrogen (secondary N) is 2. The Labute approximate surface area is 177 Å². The van der Waals surface area contributed by atoms with Gasteiger partial charge in [0.05, 0.1) is 14.9 Å². The van der Waals surface area contributed by atoms with Crippen LogP contribution in [0.15, 0.2) is 30.3 Å². The molecule has 1 aromatic carbocycles. The van der Waals surface area contributed by atoms with Crippen LogP contribution in [0.1, 0.15) is 54.6 Å². The first kappa shape index (κ1) is 21.5. The number of hydrogen-bond acceptors (Lipinski definition) is 4. The van der Waals surface area contributed by atoms with Gasteiger partial charge in [-0.15, -0.1) is 11.3 Å². The molecule has 2 amide bonds. The largest absolute Gasteiger partial charge is 0.326 e. The maximum Gasteiger partial charge on any atom is 0.227 e. The molecule has 1 fully saturated rings. The van der Waals surface area contributed by atoms with Crippen molar-refractivity contribution >= 4 is 51.9 Å². The summed E-state index contributed by atoms with van der Waals surface area (Å²) >= 11 is 6.99. The van der Waals surface area contributed by atoms with Gasteiger partial charge in [0.25, 0.3) is 0 Å². The summed E-state index contributed by atoms with van der Waals surface area (Å²) in [5.74, 6) is -1.36. The van der Waals surface area contributed by atoms with Gasteiger partial charge in [-0.3, -0.25) is 14.4 Å². The quantitative estimate of drug-likeness (QED) is 0.550. The van der Waals surface area contributed by atoms with E-state index in [0.29, 0.717) is 14.9 Å². The second-order valence-electron chi connectivity index (χ2n) is 7.09. The molecule has 1 heterocycles. The average molecular weight is 437 g/mol. The number of Topliss-reactive ketones (excluding diaryl/α,β-unsaturated/α-hetero) is 1. The molecule has 0 saturated heterocycles. The van der Waals surface area contributed by atoms with E-state index in [0.717, 1.165) is 32.1 Å². The van der Waals surface area contributed by atoms with Gasteiger partial charge in [-0.25, -0.2) is 4.39 Å². The lowest BCUT2D eigenvalue weighted by molar-refractivity contribution is -0.120. The molecule has 2 N–H and O–H groups in total. The van der Waals surface area contributed by atoms with E-state index in [9.17, 15) is 18.8 Å². The molecule has 1 aliphatic rings. The average Bonchev–Trinajstić information content (AvgIpc) is 3.16. The van der Waals surface area contributed by atoms with Crippen LogP contribution >= 0.6 is 22.9 Å². The molecule has 1 aliphatic carbocycles. The molecular weight excluding hydrogens is 415 g/mol. The van der Waals surface area contributed by atoms with E-state index in [-0.39, 0.29) is 42.0 Å². The van der Waals surface area contributed by atoms with Crippen LogP contribution in [-0.2, 0) is 9.59 Å². The topological polar surface area (TPSA) is 75.3 Å². The first-order valence-corrected chi connectivity index (χ1v) is 10.8. The predicted molar refractivity (Wildman–Crippen MR) is 113 cm³/mol. The van der Waals surface area contributed by atoms with Gasteiger partial charge in [-0.05, 0) is 43.2 Å². The molecule has 0 unspecified atom stereocenters. The highest BCUT2D eigenvalue weighted by Gasteiger charge is 2.22. The number of carbonyl (C=O) groups excluding carboxylic acids is 3. The van der Waals surface area contributed by atoms with Crippen LogP contribution in [0.25, 0.3) is 0 Å². The number of hydrogen-bond donors (Lipinski definition) is 2. The molecule has 0 atom stereocenters. The molecule has 29 heavy (non-hydrogen) atoms. The first-order valence-electron chi connectivity index (χ1n) is 9.61. The second-order valence-corrected chi connectivity index (χ2v) is 8.81. The van der Waals surface area contributed by atoms with E-state index in [1.54, 1.807) is 12.1 Å². The number of anilines is 2. The van der Waals surface area contributed by atoms with E-state index in [1.165, 1.54) is 29.5 Å². The number of halogens is 2. The van der Waals surface area contributed by atoms with Crippen molar-refractivity contribution in [2.45, 2.75) is 44.9 Å². The van der Waals surface area contributed by atoms with Gasteiger partial charge < -0.3 is 10.6 Å². The Hall–Kier alpha value is -2.25. The predicted octanol–water partition coefficient (Wildman–Crippen LogP) is 5.66. The van der Waals surface area contributed by atoms with E-state index in [4.69, 9.17) is 11.6 Å². The molecule has 2 aromatic rings. The molecular formula is C21H22ClFN2O3S. The van der Waals surface area contributed by atoms with Crippen molar-refractivity contribution in [3.8, 4) is 0 Å². The normalized spacial score (nSPS) is 14.4. The minimum atomic E-state index is -0.558. The number of thiophene rings is 1. The number of carbonyl (C=O) groups is 3. The Bertz CT molecular complexity index is 909. The summed E-state index contributed by atoms with van der Waals surface area (Å²) < 4.78 is 14.6. The van der Waals surface area contributed by atoms with Crippen molar-refractivity contribution in [3.63, 3.8) is 0 Å². The minimum Gasteiger partial charge on any atom is -0.326 e. The summed E-state index contributed by atoms with van der Waals surface area (Å²) in [6.07, 6.45) is 4.81. The highest BCUT2D eigenvalue weighted by Crippen LogP contribution is 2.27. The third-order valence-electron chi connectivity index (χ3n) is 4.91. The Kier molecular flexibility index (Phi) is 7.39. The van der Waals surface area contributed by atoms with Crippen LogP contribution in [0.2, 0.25) is 4.34 Å². The molecule has 0 bridgehead atoms. The Morgan fingerprint density at radius 1 is 1.03 bits per heavy atom. The molecule has 1 saturated carbocycles. The van der Waals surface area contributed by atoms with Crippen molar-refractivity contribution in [3.05, 3.63) is 45.4 Å². The van der Waals surface area contributed by atoms with Gasteiger partial charge in [-0.1, -0.05) is 30.9 Å². The van der Waals surface area contributed by atoms with Crippen molar-refractivity contribution in [2.24, 2.45) is 5.92 Å². The van der Waals surface area contributed by atoms with E-state index in [2.05, 4.69) is 10.6 Å². The standard InChI is InChI=1S/C21H22ClFN2O3S/c22-19-10-9-18(29-19)17(26)8-11-20(27)24-14-6-7-15(23)16(12-14)25-21(28)13-4-2-1-3-5-13/h6-7,9-10,12-13H,1-5,8,11H2,(H,24,27)(H,25,28). The van der Waals surface area contributed by atoms with Crippen LogP contribution in [0.5, 0.6) is 0 Å². The van der Waals surface area contributed by atoms with Crippen molar-refractivity contribution in [2.75, 3.05) is 10.6 Å². The number of benzene rings is 1. The molecule has 0 spiro atoms. The second kappa shape index (κ2) is 9.98. The van der Waals surface area contributed by atoms with Gasteiger partial charge in [0, 0.05) is 24.4 Å². The maximum absolute atomic E-state index is 14.1. The Balaban J connectivity index is 1.55. The molecule has 0 aliphatic heterocycles. The lowest BCUT2D eigenvalue weighted by Gasteiger charge is -2.21. The van der Waals surface area contributed by atoms with Crippen LogP contribution < -0.4 is 10.6 Å². The molecule has 154 valence electrons. The smallest absolute Gasteiger partial charge is 0.227 e. The van der Waals surface area contributed by atoms with E-state index < -0.39 is 5.82 Å². The molecule has 1 aromatic heterocycles. The number of rotatable bonds is 7. The van der Waals surface area contributed by atoms with Crippen molar-refractivity contribution in [1.29, 1.82) is 0 Å². The molecule has 3 rings (SSSR count). The summed E-state index contributed by atoms with van der Waals surface area (Å²) in [6, 6.07) is 7.29. The third-order valence-corrected chi connectivity index (χ3v) is 6.18. The fourth-order valence-electron chi connectivity index (χ4n) is 3.34. The van der Waals surface area contributed by atoms with E-state index in [1.807, 2.05) is 0 Å². The molecule has 0 radical (unpaired) electrons. The first-order chi connectivity index (χ1) is 13.9. The van der Waals surface area contributed by atoms with Gasteiger partial charge in [-0.2, -0.15) is 0 Å². The summed E-state index contributed by atoms with van der Waals surface area (Å²) in [5.41, 5.74) is 0.407. The van der Waals surface area contributed by atoms with Crippen molar-refractivity contribution in [1.82, 2.24) is 0 Å². The van der Waals surface area contributed by atoms with Gasteiger partial charge in [0.1, 0.15) is 5.82 Å². The van der Waals surface area contributed by atoms with E-state index >= 15 is 0 Å². The summed E-state index contributed by atoms with van der Waals surface area (Å²) in [5, 5.41) is 5.28. The van der Waals surface area contributed by atoms with Gasteiger partial charge in [0.15, 0.2) is 5.78 Å². The number of amides is 2. The van der Waals surface area contributed by atoms with Gasteiger partial charge >= 0.3 is 0 Å². The lowest BCUT2D eigenvalue weighted by Crippen LogP contribution is -2.25. The molecule has 5 nitrogen and oxygen atoms in total. The zero-order chi connectivity index (χ0) is 20.8. The summed E-state index contributed by atoms with van der Waals surface area (Å²) in [6.45, 7) is 0. The molecule has 8 heteroatoms. The zero-order valence-corrected chi connectivity index (χ0v) is 17.4. The highest BCUT2D eigenvalue weighted by molar-refractivity contribution is 7.18. The summed E-state index contributed by atoms with van der Waals surface area (Å²) in [7, 11) is 0. The van der Waals surface area contributed by atoms with Crippen LogP contribution in [0, 0.1) is 11.7 Å². The third kappa shape index (κ3) is 6.11. The van der Waals surface area contributed by atoms with Crippen LogP contribution in [-0.4, -0.2) is 17.6 Å². The minimum absolute atomic E-state index is 0.00447. The maximum atomic E-state index is 14.1. The van der Waals surface area contributed by atoms with Gasteiger partial charge in [0.2, 0.25) is 11.8 Å². The van der Waals surface area contributed by atoms with Crippen LogP contribution in [0.4, 0.5) is 15.8 Å². The highest BCUT2D eigenvalue weighted by atomic mass is 35.5. The fourth-order valence-corrected chi connectivity index (χ4v) is 4.35. The van der Waals surface area contributed by atoms with Crippen molar-refractivity contribution < 1.29 is 18.8 Å². The lowest BCUT2D eigenvalue weighted by atomic mass is 9.88. The van der Waals surface area contributed by atoms with Crippen LogP contribution in [0.3, 0.4) is 0 Å². The Morgan fingerprint density at radius 2 is 1.79 bits per heavy atom.